The molecule has 1 heterocycles. The lowest BCUT2D eigenvalue weighted by Gasteiger charge is -2.20. The SMILES string of the molecule is Cc1cc(Cl)cc(C)c1OCC(=O)N[C@H](c1ccccc1)c1nccn1C. The van der Waals surface area contributed by atoms with Crippen LogP contribution in [0.1, 0.15) is 28.6 Å². The second kappa shape index (κ2) is 8.27. The van der Waals surface area contributed by atoms with Crippen LogP contribution in [0.4, 0.5) is 0 Å². The Hall–Kier alpha value is -2.79. The zero-order valence-corrected chi connectivity index (χ0v) is 16.3. The molecule has 1 amide bonds. The highest BCUT2D eigenvalue weighted by Crippen LogP contribution is 2.27. The minimum absolute atomic E-state index is 0.0862. The molecule has 0 radical (unpaired) electrons. The number of carbonyl (C=O) groups excluding carboxylic acids is 1. The van der Waals surface area contributed by atoms with E-state index in [9.17, 15) is 4.79 Å². The molecule has 0 unspecified atom stereocenters. The molecular weight excluding hydrogens is 362 g/mol. The average molecular weight is 384 g/mol. The topological polar surface area (TPSA) is 56.1 Å². The van der Waals surface area contributed by atoms with Crippen LogP contribution in [0.3, 0.4) is 0 Å². The van der Waals surface area contributed by atoms with Crippen molar-refractivity contribution in [3.63, 3.8) is 0 Å². The number of ether oxygens (including phenoxy) is 1. The van der Waals surface area contributed by atoms with Crippen molar-refractivity contribution in [1.82, 2.24) is 14.9 Å². The summed E-state index contributed by atoms with van der Waals surface area (Å²) in [4.78, 5) is 17.0. The molecule has 1 aromatic heterocycles. The van der Waals surface area contributed by atoms with E-state index in [0.29, 0.717) is 10.8 Å². The summed E-state index contributed by atoms with van der Waals surface area (Å²) in [6.45, 7) is 3.73. The van der Waals surface area contributed by atoms with Crippen LogP contribution in [0.15, 0.2) is 54.9 Å². The van der Waals surface area contributed by atoms with Crippen molar-refractivity contribution in [2.45, 2.75) is 19.9 Å². The number of imidazole rings is 1. The number of nitrogens with zero attached hydrogens (tertiary/aromatic N) is 2. The summed E-state index contributed by atoms with van der Waals surface area (Å²) in [5.41, 5.74) is 2.76. The smallest absolute Gasteiger partial charge is 0.258 e. The first kappa shape index (κ1) is 19.0. The van der Waals surface area contributed by atoms with Crippen molar-refractivity contribution in [2.75, 3.05) is 6.61 Å². The third-order valence-corrected chi connectivity index (χ3v) is 4.55. The van der Waals surface area contributed by atoms with Crippen LogP contribution in [-0.2, 0) is 11.8 Å². The molecule has 5 nitrogen and oxygen atoms in total. The van der Waals surface area contributed by atoms with Gasteiger partial charge in [-0.15, -0.1) is 0 Å². The largest absolute Gasteiger partial charge is 0.483 e. The van der Waals surface area contributed by atoms with E-state index in [1.165, 1.54) is 0 Å². The summed E-state index contributed by atoms with van der Waals surface area (Å²) in [6.07, 6.45) is 3.57. The van der Waals surface area contributed by atoms with Crippen molar-refractivity contribution >= 4 is 17.5 Å². The first-order chi connectivity index (χ1) is 13.0. The first-order valence-corrected chi connectivity index (χ1v) is 9.04. The Kier molecular flexibility index (Phi) is 5.81. The highest BCUT2D eigenvalue weighted by molar-refractivity contribution is 6.30. The fourth-order valence-electron chi connectivity index (χ4n) is 3.06. The van der Waals surface area contributed by atoms with Gasteiger partial charge in [0, 0.05) is 24.5 Å². The Bertz CT molecular complexity index is 915. The van der Waals surface area contributed by atoms with Gasteiger partial charge in [-0.25, -0.2) is 4.98 Å². The third-order valence-electron chi connectivity index (χ3n) is 4.33. The number of aromatic nitrogens is 2. The fourth-order valence-corrected chi connectivity index (χ4v) is 3.39. The number of aryl methyl sites for hydroxylation is 3. The van der Waals surface area contributed by atoms with E-state index in [-0.39, 0.29) is 18.6 Å². The maximum absolute atomic E-state index is 12.6. The van der Waals surface area contributed by atoms with Crippen LogP contribution in [-0.4, -0.2) is 22.1 Å². The quantitative estimate of drug-likeness (QED) is 0.700. The first-order valence-electron chi connectivity index (χ1n) is 8.67. The van der Waals surface area contributed by atoms with Gasteiger partial charge in [-0.2, -0.15) is 0 Å². The summed E-state index contributed by atoms with van der Waals surface area (Å²) >= 11 is 6.05. The lowest BCUT2D eigenvalue weighted by molar-refractivity contribution is -0.123. The second-order valence-electron chi connectivity index (χ2n) is 6.46. The lowest BCUT2D eigenvalue weighted by atomic mass is 10.1. The minimum Gasteiger partial charge on any atom is -0.483 e. The van der Waals surface area contributed by atoms with Gasteiger partial charge < -0.3 is 14.6 Å². The Balaban J connectivity index is 1.75. The van der Waals surface area contributed by atoms with E-state index in [0.717, 1.165) is 22.5 Å². The maximum Gasteiger partial charge on any atom is 0.258 e. The predicted molar refractivity (Wildman–Crippen MR) is 106 cm³/mol. The van der Waals surface area contributed by atoms with Crippen LogP contribution in [0, 0.1) is 13.8 Å². The van der Waals surface area contributed by atoms with Gasteiger partial charge in [-0.1, -0.05) is 41.9 Å². The molecule has 0 saturated carbocycles. The molecule has 0 fully saturated rings. The summed E-state index contributed by atoms with van der Waals surface area (Å²) in [5.74, 6) is 1.22. The van der Waals surface area contributed by atoms with E-state index in [4.69, 9.17) is 16.3 Å². The highest BCUT2D eigenvalue weighted by atomic mass is 35.5. The Morgan fingerprint density at radius 1 is 1.22 bits per heavy atom. The van der Waals surface area contributed by atoms with Crippen LogP contribution in [0.25, 0.3) is 0 Å². The molecule has 1 N–H and O–H groups in total. The Morgan fingerprint density at radius 3 is 2.48 bits per heavy atom. The van der Waals surface area contributed by atoms with Gasteiger partial charge in [-0.05, 0) is 42.7 Å². The van der Waals surface area contributed by atoms with Crippen LogP contribution >= 0.6 is 11.6 Å². The summed E-state index contributed by atoms with van der Waals surface area (Å²) < 4.78 is 7.67. The Morgan fingerprint density at radius 2 is 1.89 bits per heavy atom. The minimum atomic E-state index is -0.352. The van der Waals surface area contributed by atoms with E-state index in [2.05, 4.69) is 10.3 Å². The van der Waals surface area contributed by atoms with Gasteiger partial charge in [-0.3, -0.25) is 4.79 Å². The maximum atomic E-state index is 12.6. The van der Waals surface area contributed by atoms with Crippen molar-refractivity contribution in [2.24, 2.45) is 7.05 Å². The molecule has 27 heavy (non-hydrogen) atoms. The molecule has 3 rings (SSSR count). The van der Waals surface area contributed by atoms with Gasteiger partial charge in [0.15, 0.2) is 6.61 Å². The Labute approximate surface area is 164 Å². The number of nitrogens with one attached hydrogen (secondary N) is 1. The van der Waals surface area contributed by atoms with Crippen LogP contribution < -0.4 is 10.1 Å². The molecule has 1 atom stereocenters. The van der Waals surface area contributed by atoms with Gasteiger partial charge >= 0.3 is 0 Å². The van der Waals surface area contributed by atoms with Gasteiger partial charge in [0.25, 0.3) is 5.91 Å². The number of hydrogen-bond donors (Lipinski definition) is 1. The molecule has 0 aliphatic heterocycles. The zero-order valence-electron chi connectivity index (χ0n) is 15.6. The second-order valence-corrected chi connectivity index (χ2v) is 6.90. The molecule has 140 valence electrons. The monoisotopic (exact) mass is 383 g/mol. The number of carbonyl (C=O) groups is 1. The molecular formula is C21H22ClN3O2. The third kappa shape index (κ3) is 4.49. The van der Waals surface area contributed by atoms with Gasteiger partial charge in [0.2, 0.25) is 0 Å². The molecule has 0 aliphatic carbocycles. The summed E-state index contributed by atoms with van der Waals surface area (Å²) in [6, 6.07) is 13.0. The van der Waals surface area contributed by atoms with E-state index >= 15 is 0 Å². The molecule has 6 heteroatoms. The van der Waals surface area contributed by atoms with Crippen molar-refractivity contribution in [1.29, 1.82) is 0 Å². The molecule has 0 aliphatic rings. The number of amides is 1. The van der Waals surface area contributed by atoms with Gasteiger partial charge in [0.1, 0.15) is 17.6 Å². The number of benzene rings is 2. The number of halogens is 1. The van der Waals surface area contributed by atoms with Crippen molar-refractivity contribution in [3.05, 3.63) is 82.4 Å². The van der Waals surface area contributed by atoms with Crippen LogP contribution in [0.2, 0.25) is 5.02 Å². The van der Waals surface area contributed by atoms with Gasteiger partial charge in [0.05, 0.1) is 0 Å². The molecule has 0 saturated heterocycles. The molecule has 2 aromatic carbocycles. The van der Waals surface area contributed by atoms with E-state index in [1.54, 1.807) is 6.20 Å². The van der Waals surface area contributed by atoms with Crippen molar-refractivity contribution in [3.8, 4) is 5.75 Å². The average Bonchev–Trinajstić information content (AvgIpc) is 3.05. The summed E-state index contributed by atoms with van der Waals surface area (Å²) in [5, 5.41) is 3.68. The van der Waals surface area contributed by atoms with Crippen LogP contribution in [0.5, 0.6) is 5.75 Å². The molecule has 3 aromatic rings. The zero-order chi connectivity index (χ0) is 19.4. The standard InChI is InChI=1S/C21H22ClN3O2/c1-14-11-17(22)12-15(2)20(14)27-13-18(26)24-19(16-7-5-4-6-8-16)21-23-9-10-25(21)3/h4-12,19H,13H2,1-3H3,(H,24,26)/t19-/m1/s1. The normalized spacial score (nSPS) is 11.9. The number of hydrogen-bond acceptors (Lipinski definition) is 3. The summed E-state index contributed by atoms with van der Waals surface area (Å²) in [7, 11) is 1.90. The lowest BCUT2D eigenvalue weighted by Crippen LogP contribution is -2.34. The van der Waals surface area contributed by atoms with Crippen molar-refractivity contribution < 1.29 is 9.53 Å². The highest BCUT2D eigenvalue weighted by Gasteiger charge is 2.21. The predicted octanol–water partition coefficient (Wildman–Crippen LogP) is 3.97. The number of rotatable bonds is 6. The van der Waals surface area contributed by atoms with E-state index in [1.807, 2.05) is 74.1 Å². The fraction of sp³-hybridized carbons (Fsp3) is 0.238. The molecule has 0 bridgehead atoms. The molecule has 0 spiro atoms. The van der Waals surface area contributed by atoms with E-state index < -0.39 is 0 Å².